The lowest BCUT2D eigenvalue weighted by atomic mass is 10.0. The van der Waals surface area contributed by atoms with Crippen LogP contribution in [0.3, 0.4) is 0 Å². The van der Waals surface area contributed by atoms with E-state index in [0.717, 1.165) is 11.1 Å². The molecule has 168 valence electrons. The van der Waals surface area contributed by atoms with Crippen LogP contribution < -0.4 is 9.47 Å². The molecule has 1 amide bonds. The highest BCUT2D eigenvalue weighted by Crippen LogP contribution is 2.27. The van der Waals surface area contributed by atoms with Crippen molar-refractivity contribution < 1.29 is 32.6 Å². The molecule has 2 rings (SSSR count). The van der Waals surface area contributed by atoms with Crippen molar-refractivity contribution in [3.05, 3.63) is 59.2 Å². The van der Waals surface area contributed by atoms with Gasteiger partial charge in [0.2, 0.25) is 0 Å². The highest BCUT2D eigenvalue weighted by atomic mass is 19.3. The number of amides is 1. The number of benzene rings is 2. The van der Waals surface area contributed by atoms with Gasteiger partial charge in [0.15, 0.2) is 13.2 Å². The quantitative estimate of drug-likeness (QED) is 0.521. The van der Waals surface area contributed by atoms with Gasteiger partial charge in [-0.2, -0.15) is 8.78 Å². The molecule has 0 spiro atoms. The number of carbonyl (C=O) groups is 2. The molecule has 0 atom stereocenters. The maximum atomic E-state index is 12.2. The van der Waals surface area contributed by atoms with Gasteiger partial charge in [-0.3, -0.25) is 4.79 Å². The van der Waals surface area contributed by atoms with Crippen molar-refractivity contribution in [3.63, 3.8) is 0 Å². The summed E-state index contributed by atoms with van der Waals surface area (Å²) in [5.74, 6) is -0.158. The van der Waals surface area contributed by atoms with Crippen LogP contribution in [0.4, 0.5) is 8.78 Å². The number of aryl methyl sites for hydroxylation is 1. The average Bonchev–Trinajstić information content (AvgIpc) is 2.71. The van der Waals surface area contributed by atoms with Gasteiger partial charge in [0, 0.05) is 13.6 Å². The van der Waals surface area contributed by atoms with E-state index >= 15 is 0 Å². The van der Waals surface area contributed by atoms with Gasteiger partial charge in [-0.25, -0.2) is 4.79 Å². The van der Waals surface area contributed by atoms with Crippen LogP contribution in [0.2, 0.25) is 0 Å². The zero-order valence-corrected chi connectivity index (χ0v) is 18.1. The van der Waals surface area contributed by atoms with Gasteiger partial charge >= 0.3 is 12.6 Å². The van der Waals surface area contributed by atoms with Gasteiger partial charge in [-0.1, -0.05) is 38.1 Å². The molecule has 0 fully saturated rings. The Morgan fingerprint density at radius 3 is 2.32 bits per heavy atom. The first-order valence-corrected chi connectivity index (χ1v) is 9.82. The van der Waals surface area contributed by atoms with Gasteiger partial charge in [0.1, 0.15) is 11.5 Å². The maximum Gasteiger partial charge on any atom is 0.387 e. The van der Waals surface area contributed by atoms with E-state index in [1.54, 1.807) is 19.2 Å². The molecule has 0 aliphatic carbocycles. The molecule has 31 heavy (non-hydrogen) atoms. The molecule has 6 nitrogen and oxygen atoms in total. The number of ether oxygens (including phenoxy) is 3. The molecular formula is C23H27F2NO5. The van der Waals surface area contributed by atoms with E-state index < -0.39 is 25.1 Å². The minimum atomic E-state index is -2.89. The second kappa shape index (κ2) is 11.3. The normalized spacial score (nSPS) is 10.8. The Labute approximate surface area is 180 Å². The van der Waals surface area contributed by atoms with Crippen molar-refractivity contribution >= 4 is 11.9 Å². The highest BCUT2D eigenvalue weighted by Gasteiger charge is 2.15. The van der Waals surface area contributed by atoms with Crippen LogP contribution in [-0.2, 0) is 20.9 Å². The number of rotatable bonds is 10. The number of halogens is 2. The Morgan fingerprint density at radius 1 is 1.03 bits per heavy atom. The minimum absolute atomic E-state index is 0.0379. The number of alkyl halides is 2. The molecule has 0 heterocycles. The van der Waals surface area contributed by atoms with Gasteiger partial charge in [-0.15, -0.1) is 0 Å². The number of likely N-dealkylation sites (N-methyl/N-ethyl adjacent to an activating group) is 1. The zero-order chi connectivity index (χ0) is 23.0. The third-order valence-electron chi connectivity index (χ3n) is 4.49. The number of hydrogen-bond donors (Lipinski definition) is 0. The van der Waals surface area contributed by atoms with Crippen molar-refractivity contribution in [2.75, 3.05) is 20.3 Å². The topological polar surface area (TPSA) is 65.1 Å². The Bertz CT molecular complexity index is 884. The summed E-state index contributed by atoms with van der Waals surface area (Å²) >= 11 is 0. The van der Waals surface area contributed by atoms with E-state index in [0.29, 0.717) is 11.3 Å². The van der Waals surface area contributed by atoms with Crippen LogP contribution in [-0.4, -0.2) is 43.6 Å². The molecule has 0 aliphatic rings. The predicted molar refractivity (Wildman–Crippen MR) is 111 cm³/mol. The Morgan fingerprint density at radius 2 is 1.71 bits per heavy atom. The summed E-state index contributed by atoms with van der Waals surface area (Å²) in [6, 6.07) is 11.8. The molecule has 0 bridgehead atoms. The summed E-state index contributed by atoms with van der Waals surface area (Å²) in [6.07, 6.45) is 0. The van der Waals surface area contributed by atoms with Crippen LogP contribution in [0.1, 0.15) is 36.5 Å². The lowest BCUT2D eigenvalue weighted by molar-refractivity contribution is -0.153. The average molecular weight is 435 g/mol. The fourth-order valence-corrected chi connectivity index (χ4v) is 2.81. The second-order valence-corrected chi connectivity index (χ2v) is 7.42. The number of nitrogens with zero attached hydrogens (tertiary/aromatic N) is 1. The molecular weight excluding hydrogens is 408 g/mol. The van der Waals surface area contributed by atoms with Crippen LogP contribution in [0.25, 0.3) is 0 Å². The van der Waals surface area contributed by atoms with Crippen molar-refractivity contribution in [2.24, 2.45) is 0 Å². The first kappa shape index (κ1) is 24.1. The first-order chi connectivity index (χ1) is 14.7. The van der Waals surface area contributed by atoms with Crippen LogP contribution in [0.5, 0.6) is 11.5 Å². The third-order valence-corrected chi connectivity index (χ3v) is 4.49. The van der Waals surface area contributed by atoms with Gasteiger partial charge in [-0.05, 0) is 47.7 Å². The van der Waals surface area contributed by atoms with Gasteiger partial charge in [0.25, 0.3) is 5.91 Å². The zero-order valence-electron chi connectivity index (χ0n) is 18.1. The molecule has 0 aliphatic heterocycles. The second-order valence-electron chi connectivity index (χ2n) is 7.42. The summed E-state index contributed by atoms with van der Waals surface area (Å²) in [7, 11) is 1.55. The largest absolute Gasteiger partial charge is 0.482 e. The lowest BCUT2D eigenvalue weighted by Crippen LogP contribution is -2.31. The molecule has 2 aromatic rings. The first-order valence-electron chi connectivity index (χ1n) is 9.82. The molecule has 0 unspecified atom stereocenters. The van der Waals surface area contributed by atoms with E-state index in [4.69, 9.17) is 9.47 Å². The van der Waals surface area contributed by atoms with Crippen molar-refractivity contribution in [1.29, 1.82) is 0 Å². The number of hydrogen-bond acceptors (Lipinski definition) is 5. The summed E-state index contributed by atoms with van der Waals surface area (Å²) in [6.45, 7) is 2.61. The lowest BCUT2D eigenvalue weighted by Gasteiger charge is -2.18. The monoisotopic (exact) mass is 435 g/mol. The summed E-state index contributed by atoms with van der Waals surface area (Å²) in [5.41, 5.74) is 2.71. The number of esters is 1. The summed E-state index contributed by atoms with van der Waals surface area (Å²) in [5, 5.41) is 0. The van der Waals surface area contributed by atoms with E-state index in [1.807, 2.05) is 39.0 Å². The molecule has 0 radical (unpaired) electrons. The minimum Gasteiger partial charge on any atom is -0.482 e. The molecule has 0 aromatic heterocycles. The van der Waals surface area contributed by atoms with Crippen molar-refractivity contribution in [2.45, 2.75) is 39.8 Å². The van der Waals surface area contributed by atoms with E-state index in [2.05, 4.69) is 4.74 Å². The van der Waals surface area contributed by atoms with Crippen molar-refractivity contribution in [1.82, 2.24) is 4.90 Å². The Balaban J connectivity index is 1.80. The Hall–Kier alpha value is -3.16. The van der Waals surface area contributed by atoms with E-state index in [1.165, 1.54) is 17.0 Å². The molecule has 2 aromatic carbocycles. The standard InChI is InChI=1S/C23H27F2NO5/c1-15(2)19-10-5-16(3)11-20(19)29-14-22(28)30-13-21(27)26(4)12-17-6-8-18(9-7-17)31-23(24)25/h5-11,15,23H,12-14H2,1-4H3. The molecule has 0 N–H and O–H groups in total. The van der Waals surface area contributed by atoms with Crippen molar-refractivity contribution in [3.8, 4) is 11.5 Å². The van der Waals surface area contributed by atoms with Crippen LogP contribution in [0, 0.1) is 6.92 Å². The van der Waals surface area contributed by atoms with Crippen LogP contribution in [0.15, 0.2) is 42.5 Å². The smallest absolute Gasteiger partial charge is 0.387 e. The van der Waals surface area contributed by atoms with Gasteiger partial charge in [0.05, 0.1) is 0 Å². The van der Waals surface area contributed by atoms with E-state index in [-0.39, 0.29) is 24.8 Å². The summed E-state index contributed by atoms with van der Waals surface area (Å²) in [4.78, 5) is 25.6. The number of carbonyl (C=O) groups excluding carboxylic acids is 2. The fraction of sp³-hybridized carbons (Fsp3) is 0.391. The molecule has 8 heteroatoms. The molecule has 0 saturated heterocycles. The van der Waals surface area contributed by atoms with Gasteiger partial charge < -0.3 is 19.1 Å². The summed E-state index contributed by atoms with van der Waals surface area (Å²) < 4.78 is 39.3. The highest BCUT2D eigenvalue weighted by molar-refractivity contribution is 5.80. The van der Waals surface area contributed by atoms with E-state index in [9.17, 15) is 18.4 Å². The fourth-order valence-electron chi connectivity index (χ4n) is 2.81. The third kappa shape index (κ3) is 7.88. The molecule has 0 saturated carbocycles. The SMILES string of the molecule is Cc1ccc(C(C)C)c(OCC(=O)OCC(=O)N(C)Cc2ccc(OC(F)F)cc2)c1. The van der Waals surface area contributed by atoms with Crippen LogP contribution >= 0.6 is 0 Å². The maximum absolute atomic E-state index is 12.2. The predicted octanol–water partition coefficient (Wildman–Crippen LogP) is 4.30. The Kier molecular flexibility index (Phi) is 8.78.